The first-order chi connectivity index (χ1) is 16.5. The normalized spacial score (nSPS) is 17.4. The van der Waals surface area contributed by atoms with E-state index < -0.39 is 36.0 Å². The molecule has 1 fully saturated rings. The van der Waals surface area contributed by atoms with E-state index in [1.807, 2.05) is 6.92 Å². The van der Waals surface area contributed by atoms with Crippen molar-refractivity contribution in [3.8, 4) is 5.75 Å². The molecule has 0 aliphatic carbocycles. The molecule has 0 unspecified atom stereocenters. The molecule has 0 N–H and O–H groups in total. The summed E-state index contributed by atoms with van der Waals surface area (Å²) in [5.74, 6) is -2.71. The van der Waals surface area contributed by atoms with Gasteiger partial charge in [-0.05, 0) is 55.5 Å². The number of esters is 2. The van der Waals surface area contributed by atoms with Crippen LogP contribution in [0.5, 0.6) is 5.75 Å². The highest BCUT2D eigenvalue weighted by Crippen LogP contribution is 2.29. The van der Waals surface area contributed by atoms with Gasteiger partial charge in [0.2, 0.25) is 12.2 Å². The number of hydrogen-bond donors (Lipinski definition) is 0. The fourth-order valence-corrected chi connectivity index (χ4v) is 3.47. The number of rotatable bonds is 7. The van der Waals surface area contributed by atoms with Gasteiger partial charge in [0, 0.05) is 0 Å². The van der Waals surface area contributed by atoms with Crippen LogP contribution in [0.15, 0.2) is 84.9 Å². The highest BCUT2D eigenvalue weighted by atomic mass is 16.6. The van der Waals surface area contributed by atoms with E-state index in [0.717, 1.165) is 4.90 Å². The summed E-state index contributed by atoms with van der Waals surface area (Å²) < 4.78 is 16.2. The molecule has 3 aromatic rings. The summed E-state index contributed by atoms with van der Waals surface area (Å²) in [6.45, 7) is 2.29. The molecule has 3 aromatic carbocycles. The molecule has 0 radical (unpaired) electrons. The van der Waals surface area contributed by atoms with Crippen molar-refractivity contribution in [1.82, 2.24) is 0 Å². The molecule has 8 nitrogen and oxygen atoms in total. The Morgan fingerprint density at radius 2 is 1.15 bits per heavy atom. The molecule has 1 aliphatic rings. The monoisotopic (exact) mass is 459 g/mol. The lowest BCUT2D eigenvalue weighted by molar-refractivity contribution is -0.130. The van der Waals surface area contributed by atoms with Crippen LogP contribution in [0.2, 0.25) is 0 Å². The number of hydrogen-bond acceptors (Lipinski definition) is 7. The van der Waals surface area contributed by atoms with E-state index in [2.05, 4.69) is 0 Å². The molecule has 34 heavy (non-hydrogen) atoms. The molecule has 0 bridgehead atoms. The van der Waals surface area contributed by atoms with Crippen LogP contribution in [0.3, 0.4) is 0 Å². The van der Waals surface area contributed by atoms with Crippen molar-refractivity contribution >= 4 is 29.4 Å². The quantitative estimate of drug-likeness (QED) is 0.394. The number of benzene rings is 3. The standard InChI is InChI=1S/C26H21NO7/c1-2-32-20-15-13-19(14-16-20)27-23(28)21(33-25(30)17-9-5-3-6-10-17)22(24(27)29)34-26(31)18-11-7-4-8-12-18/h3-16,21-22H,2H2,1H3/t21-,22-/m1/s1. The minimum absolute atomic E-state index is 0.190. The molecular formula is C26H21NO7. The lowest BCUT2D eigenvalue weighted by Gasteiger charge is -2.16. The van der Waals surface area contributed by atoms with Crippen molar-refractivity contribution in [2.45, 2.75) is 19.1 Å². The largest absolute Gasteiger partial charge is 0.494 e. The third-order valence-corrected chi connectivity index (χ3v) is 5.10. The van der Waals surface area contributed by atoms with Crippen LogP contribution in [0, 0.1) is 0 Å². The van der Waals surface area contributed by atoms with Crippen LogP contribution in [0.25, 0.3) is 0 Å². The third-order valence-electron chi connectivity index (χ3n) is 5.10. The van der Waals surface area contributed by atoms with Gasteiger partial charge < -0.3 is 14.2 Å². The average Bonchev–Trinajstić information content (AvgIpc) is 3.09. The van der Waals surface area contributed by atoms with Crippen LogP contribution < -0.4 is 9.64 Å². The second kappa shape index (κ2) is 9.99. The highest BCUT2D eigenvalue weighted by molar-refractivity contribution is 6.25. The minimum Gasteiger partial charge on any atom is -0.494 e. The number of nitrogens with zero attached hydrogens (tertiary/aromatic N) is 1. The molecule has 0 saturated carbocycles. The first kappa shape index (κ1) is 22.7. The number of ether oxygens (including phenoxy) is 3. The fourth-order valence-electron chi connectivity index (χ4n) is 3.47. The summed E-state index contributed by atoms with van der Waals surface area (Å²) in [4.78, 5) is 52.6. The molecular weight excluding hydrogens is 438 g/mol. The van der Waals surface area contributed by atoms with E-state index in [1.165, 1.54) is 36.4 Å². The zero-order chi connectivity index (χ0) is 24.1. The Balaban J connectivity index is 1.63. The van der Waals surface area contributed by atoms with Gasteiger partial charge in [-0.25, -0.2) is 14.5 Å². The molecule has 0 spiro atoms. The first-order valence-electron chi connectivity index (χ1n) is 10.6. The Morgan fingerprint density at radius 3 is 1.56 bits per heavy atom. The maximum Gasteiger partial charge on any atom is 0.339 e. The van der Waals surface area contributed by atoms with Crippen LogP contribution >= 0.6 is 0 Å². The van der Waals surface area contributed by atoms with Gasteiger partial charge in [-0.2, -0.15) is 0 Å². The second-order valence-electron chi connectivity index (χ2n) is 7.32. The Morgan fingerprint density at radius 1 is 0.706 bits per heavy atom. The van der Waals surface area contributed by atoms with Gasteiger partial charge in [0.25, 0.3) is 11.8 Å². The van der Waals surface area contributed by atoms with Gasteiger partial charge in [0.05, 0.1) is 23.4 Å². The van der Waals surface area contributed by atoms with E-state index >= 15 is 0 Å². The SMILES string of the molecule is CCOc1ccc(N2C(=O)[C@H](OC(=O)c3ccccc3)[C@@H](OC(=O)c3ccccc3)C2=O)cc1. The van der Waals surface area contributed by atoms with Crippen molar-refractivity contribution in [3.63, 3.8) is 0 Å². The Hall–Kier alpha value is -4.46. The van der Waals surface area contributed by atoms with Gasteiger partial charge in [-0.15, -0.1) is 0 Å². The Kier molecular flexibility index (Phi) is 6.68. The van der Waals surface area contributed by atoms with Gasteiger partial charge in [0.1, 0.15) is 5.75 Å². The molecule has 1 heterocycles. The summed E-state index contributed by atoms with van der Waals surface area (Å²) in [5.41, 5.74) is 0.614. The lowest BCUT2D eigenvalue weighted by atomic mass is 10.2. The van der Waals surface area contributed by atoms with Gasteiger partial charge in [0.15, 0.2) is 0 Å². The Labute approximate surface area is 195 Å². The van der Waals surface area contributed by atoms with E-state index in [1.54, 1.807) is 48.5 Å². The number of anilines is 1. The molecule has 1 aliphatic heterocycles. The summed E-state index contributed by atoms with van der Waals surface area (Å²) in [6, 6.07) is 22.3. The molecule has 4 rings (SSSR count). The average molecular weight is 459 g/mol. The maximum absolute atomic E-state index is 13.2. The minimum atomic E-state index is -1.64. The summed E-state index contributed by atoms with van der Waals surface area (Å²) in [7, 11) is 0. The summed E-state index contributed by atoms with van der Waals surface area (Å²) >= 11 is 0. The molecule has 172 valence electrons. The summed E-state index contributed by atoms with van der Waals surface area (Å²) in [6.07, 6.45) is -3.28. The topological polar surface area (TPSA) is 99.2 Å². The molecule has 1 saturated heterocycles. The van der Waals surface area contributed by atoms with Crippen molar-refractivity contribution in [2.75, 3.05) is 11.5 Å². The lowest BCUT2D eigenvalue weighted by Crippen LogP contribution is -2.37. The first-order valence-corrected chi connectivity index (χ1v) is 10.6. The predicted molar refractivity (Wildman–Crippen MR) is 121 cm³/mol. The van der Waals surface area contributed by atoms with Crippen LogP contribution in [0.4, 0.5) is 5.69 Å². The van der Waals surface area contributed by atoms with E-state index in [9.17, 15) is 19.2 Å². The molecule has 8 heteroatoms. The molecule has 2 amide bonds. The number of carbonyl (C=O) groups excluding carboxylic acids is 4. The molecule has 0 aromatic heterocycles. The molecule has 2 atom stereocenters. The number of amides is 2. The second-order valence-corrected chi connectivity index (χ2v) is 7.32. The maximum atomic E-state index is 13.2. The van der Waals surface area contributed by atoms with Crippen LogP contribution in [0.1, 0.15) is 27.6 Å². The van der Waals surface area contributed by atoms with Gasteiger partial charge in [-0.3, -0.25) is 9.59 Å². The number of imide groups is 1. The van der Waals surface area contributed by atoms with E-state index in [-0.39, 0.29) is 16.8 Å². The zero-order valence-electron chi connectivity index (χ0n) is 18.2. The smallest absolute Gasteiger partial charge is 0.339 e. The van der Waals surface area contributed by atoms with E-state index in [4.69, 9.17) is 14.2 Å². The third kappa shape index (κ3) is 4.66. The predicted octanol–water partition coefficient (Wildman–Crippen LogP) is 3.41. The van der Waals surface area contributed by atoms with Crippen LogP contribution in [-0.2, 0) is 19.1 Å². The van der Waals surface area contributed by atoms with Crippen molar-refractivity contribution in [1.29, 1.82) is 0 Å². The van der Waals surface area contributed by atoms with Crippen LogP contribution in [-0.4, -0.2) is 42.6 Å². The van der Waals surface area contributed by atoms with Gasteiger partial charge in [-0.1, -0.05) is 36.4 Å². The van der Waals surface area contributed by atoms with Crippen molar-refractivity contribution < 1.29 is 33.4 Å². The number of carbonyl (C=O) groups is 4. The van der Waals surface area contributed by atoms with Crippen molar-refractivity contribution in [3.05, 3.63) is 96.1 Å². The van der Waals surface area contributed by atoms with E-state index in [0.29, 0.717) is 12.4 Å². The Bertz CT molecular complexity index is 1120. The zero-order valence-corrected chi connectivity index (χ0v) is 18.2. The van der Waals surface area contributed by atoms with Crippen molar-refractivity contribution in [2.24, 2.45) is 0 Å². The summed E-state index contributed by atoms with van der Waals surface area (Å²) in [5, 5.41) is 0. The fraction of sp³-hybridized carbons (Fsp3) is 0.154. The van der Waals surface area contributed by atoms with Gasteiger partial charge >= 0.3 is 11.9 Å². The highest BCUT2D eigenvalue weighted by Gasteiger charge is 2.53.